The molecule has 0 spiro atoms. The summed E-state index contributed by atoms with van der Waals surface area (Å²) < 4.78 is 58.6. The second-order valence-electron chi connectivity index (χ2n) is 2.99. The summed E-state index contributed by atoms with van der Waals surface area (Å²) in [5.41, 5.74) is -1.76. The van der Waals surface area contributed by atoms with Crippen LogP contribution in [0.25, 0.3) is 0 Å². The molecule has 0 N–H and O–H groups in total. The molecule has 0 atom stereocenters. The molecule has 0 aliphatic carbocycles. The van der Waals surface area contributed by atoms with E-state index in [1.807, 2.05) is 0 Å². The molecule has 0 heterocycles. The van der Waals surface area contributed by atoms with E-state index >= 15 is 0 Å². The summed E-state index contributed by atoms with van der Waals surface area (Å²) in [6, 6.07) is 2.18. The predicted octanol–water partition coefficient (Wildman–Crippen LogP) is 1.92. The largest absolute Gasteiger partial charge is 0.461 e. The van der Waals surface area contributed by atoms with Crippen LogP contribution in [0.1, 0.15) is 5.56 Å². The van der Waals surface area contributed by atoms with Gasteiger partial charge in [0.1, 0.15) is 17.1 Å². The Kier molecular flexibility index (Phi) is 3.89. The molecule has 0 fully saturated rings. The standard InChI is InChI=1S/C10H6F4O4/c1-17-8(15)9(16)18-6-4-2-3-5(11)7(6)10(12,13)14/h2-4H,1H3. The summed E-state index contributed by atoms with van der Waals surface area (Å²) in [6.07, 6.45) is -5.06. The first-order valence-electron chi connectivity index (χ1n) is 4.43. The summed E-state index contributed by atoms with van der Waals surface area (Å²) in [5, 5.41) is 0. The van der Waals surface area contributed by atoms with Crippen LogP contribution in [0.15, 0.2) is 18.2 Å². The lowest BCUT2D eigenvalue weighted by molar-refractivity contribution is -0.161. The van der Waals surface area contributed by atoms with Gasteiger partial charge >= 0.3 is 18.1 Å². The van der Waals surface area contributed by atoms with E-state index in [-0.39, 0.29) is 0 Å². The van der Waals surface area contributed by atoms with Gasteiger partial charge in [0.2, 0.25) is 0 Å². The van der Waals surface area contributed by atoms with Crippen LogP contribution in [0.5, 0.6) is 5.75 Å². The van der Waals surface area contributed by atoms with Gasteiger partial charge in [-0.15, -0.1) is 0 Å². The third-order valence-corrected chi connectivity index (χ3v) is 1.81. The SMILES string of the molecule is COC(=O)C(=O)Oc1cccc(F)c1C(F)(F)F. The Bertz CT molecular complexity index is 481. The van der Waals surface area contributed by atoms with Gasteiger partial charge in [0.05, 0.1) is 7.11 Å². The van der Waals surface area contributed by atoms with Crippen LogP contribution < -0.4 is 4.74 Å². The van der Waals surface area contributed by atoms with Crippen molar-refractivity contribution in [3.8, 4) is 5.75 Å². The predicted molar refractivity (Wildman–Crippen MR) is 49.1 cm³/mol. The van der Waals surface area contributed by atoms with Crippen molar-refractivity contribution in [3.63, 3.8) is 0 Å². The van der Waals surface area contributed by atoms with Crippen LogP contribution in [0.4, 0.5) is 17.6 Å². The van der Waals surface area contributed by atoms with Gasteiger partial charge < -0.3 is 9.47 Å². The lowest BCUT2D eigenvalue weighted by atomic mass is 10.2. The zero-order valence-electron chi connectivity index (χ0n) is 8.88. The van der Waals surface area contributed by atoms with Crippen LogP contribution in [-0.2, 0) is 20.5 Å². The molecule has 98 valence electrons. The van der Waals surface area contributed by atoms with Crippen LogP contribution >= 0.6 is 0 Å². The van der Waals surface area contributed by atoms with Crippen molar-refractivity contribution < 1.29 is 36.6 Å². The Balaban J connectivity index is 3.14. The minimum Gasteiger partial charge on any atom is -0.461 e. The number of esters is 2. The van der Waals surface area contributed by atoms with Crippen molar-refractivity contribution in [2.45, 2.75) is 6.18 Å². The molecule has 1 rings (SSSR count). The Morgan fingerprint density at radius 1 is 1.17 bits per heavy atom. The first-order chi connectivity index (χ1) is 8.27. The van der Waals surface area contributed by atoms with Crippen LogP contribution in [0, 0.1) is 5.82 Å². The molecular weight excluding hydrogens is 260 g/mol. The fourth-order valence-electron chi connectivity index (χ4n) is 1.09. The van der Waals surface area contributed by atoms with Crippen LogP contribution in [0.3, 0.4) is 0 Å². The number of hydrogen-bond donors (Lipinski definition) is 0. The highest BCUT2D eigenvalue weighted by Gasteiger charge is 2.38. The zero-order chi connectivity index (χ0) is 13.9. The van der Waals surface area contributed by atoms with Gasteiger partial charge in [-0.05, 0) is 12.1 Å². The van der Waals surface area contributed by atoms with E-state index in [0.29, 0.717) is 12.1 Å². The fraction of sp³-hybridized carbons (Fsp3) is 0.200. The number of methoxy groups -OCH3 is 1. The molecule has 0 saturated carbocycles. The topological polar surface area (TPSA) is 52.6 Å². The van der Waals surface area contributed by atoms with Crippen molar-refractivity contribution in [3.05, 3.63) is 29.6 Å². The third kappa shape index (κ3) is 2.96. The van der Waals surface area contributed by atoms with Crippen molar-refractivity contribution in [2.75, 3.05) is 7.11 Å². The third-order valence-electron chi connectivity index (χ3n) is 1.81. The van der Waals surface area contributed by atoms with Gasteiger partial charge in [-0.3, -0.25) is 0 Å². The van der Waals surface area contributed by atoms with E-state index in [1.54, 1.807) is 0 Å². The molecule has 0 radical (unpaired) electrons. The lowest BCUT2D eigenvalue weighted by Crippen LogP contribution is -2.23. The Labute approximate surface area is 98.1 Å². The first kappa shape index (κ1) is 13.9. The minimum absolute atomic E-state index is 0.554. The van der Waals surface area contributed by atoms with Gasteiger partial charge in [0, 0.05) is 0 Å². The van der Waals surface area contributed by atoms with Gasteiger partial charge in [0.25, 0.3) is 0 Å². The smallest absolute Gasteiger partial charge is 0.422 e. The number of hydrogen-bond acceptors (Lipinski definition) is 4. The number of alkyl halides is 3. The van der Waals surface area contributed by atoms with Crippen LogP contribution in [-0.4, -0.2) is 19.0 Å². The molecule has 0 bridgehead atoms. The molecule has 4 nitrogen and oxygen atoms in total. The van der Waals surface area contributed by atoms with E-state index < -0.39 is 35.2 Å². The summed E-state index contributed by atoms with van der Waals surface area (Å²) in [7, 11) is 0.847. The molecule has 18 heavy (non-hydrogen) atoms. The zero-order valence-corrected chi connectivity index (χ0v) is 8.88. The van der Waals surface area contributed by atoms with Crippen molar-refractivity contribution in [2.24, 2.45) is 0 Å². The highest BCUT2D eigenvalue weighted by atomic mass is 19.4. The number of ether oxygens (including phenoxy) is 2. The average Bonchev–Trinajstić information content (AvgIpc) is 2.26. The average molecular weight is 266 g/mol. The first-order valence-corrected chi connectivity index (χ1v) is 4.43. The quantitative estimate of drug-likeness (QED) is 0.337. The molecule has 0 amide bonds. The Morgan fingerprint density at radius 2 is 1.78 bits per heavy atom. The second kappa shape index (κ2) is 5.03. The van der Waals surface area contributed by atoms with Gasteiger partial charge in [-0.1, -0.05) is 6.07 Å². The second-order valence-corrected chi connectivity index (χ2v) is 2.99. The molecule has 0 aliphatic heterocycles. The van der Waals surface area contributed by atoms with E-state index in [9.17, 15) is 27.2 Å². The molecule has 0 aliphatic rings. The van der Waals surface area contributed by atoms with Crippen molar-refractivity contribution in [1.82, 2.24) is 0 Å². The normalized spacial score (nSPS) is 10.9. The maximum atomic E-state index is 13.1. The lowest BCUT2D eigenvalue weighted by Gasteiger charge is -2.12. The number of halogens is 4. The molecule has 0 saturated heterocycles. The monoisotopic (exact) mass is 266 g/mol. The number of rotatable bonds is 1. The maximum Gasteiger partial charge on any atom is 0.422 e. The highest BCUT2D eigenvalue weighted by Crippen LogP contribution is 2.38. The fourth-order valence-corrected chi connectivity index (χ4v) is 1.09. The van der Waals surface area contributed by atoms with Crippen molar-refractivity contribution in [1.29, 1.82) is 0 Å². The summed E-state index contributed by atoms with van der Waals surface area (Å²) in [5.74, 6) is -5.88. The number of benzene rings is 1. The Hall–Kier alpha value is -2.12. The minimum atomic E-state index is -5.06. The molecular formula is C10H6F4O4. The van der Waals surface area contributed by atoms with E-state index in [0.717, 1.165) is 13.2 Å². The number of carbonyl (C=O) groups is 2. The molecule has 1 aromatic rings. The summed E-state index contributed by atoms with van der Waals surface area (Å²) in [4.78, 5) is 21.6. The van der Waals surface area contributed by atoms with Crippen LogP contribution in [0.2, 0.25) is 0 Å². The van der Waals surface area contributed by atoms with Gasteiger partial charge in [-0.25, -0.2) is 14.0 Å². The molecule has 1 aromatic carbocycles. The molecule has 0 unspecified atom stereocenters. The van der Waals surface area contributed by atoms with Crippen molar-refractivity contribution >= 4 is 11.9 Å². The Morgan fingerprint density at radius 3 is 2.28 bits per heavy atom. The molecule has 8 heteroatoms. The van der Waals surface area contributed by atoms with Gasteiger partial charge in [0.15, 0.2) is 0 Å². The number of carbonyl (C=O) groups excluding carboxylic acids is 2. The van der Waals surface area contributed by atoms with E-state index in [4.69, 9.17) is 0 Å². The molecule has 0 aromatic heterocycles. The van der Waals surface area contributed by atoms with Gasteiger partial charge in [-0.2, -0.15) is 13.2 Å². The maximum absolute atomic E-state index is 13.1. The van der Waals surface area contributed by atoms with E-state index in [2.05, 4.69) is 9.47 Å². The summed E-state index contributed by atoms with van der Waals surface area (Å²) in [6.45, 7) is 0. The summed E-state index contributed by atoms with van der Waals surface area (Å²) >= 11 is 0. The highest BCUT2D eigenvalue weighted by molar-refractivity contribution is 6.30. The van der Waals surface area contributed by atoms with E-state index in [1.165, 1.54) is 0 Å².